The van der Waals surface area contributed by atoms with Crippen LogP contribution in [0.4, 0.5) is 0 Å². The Kier molecular flexibility index (Phi) is 4.25. The van der Waals surface area contributed by atoms with Crippen molar-refractivity contribution in [2.24, 2.45) is 0 Å². The van der Waals surface area contributed by atoms with Crippen molar-refractivity contribution in [3.63, 3.8) is 0 Å². The number of aromatic nitrogens is 1. The summed E-state index contributed by atoms with van der Waals surface area (Å²) in [5.41, 5.74) is 14.9. The lowest BCUT2D eigenvalue weighted by molar-refractivity contribution is 0.591. The Labute approximate surface area is 191 Å². The Morgan fingerprint density at radius 1 is 0.719 bits per heavy atom. The molecule has 1 N–H and O–H groups in total. The second kappa shape index (κ2) is 6.85. The summed E-state index contributed by atoms with van der Waals surface area (Å²) in [6, 6.07) is 19.0. The van der Waals surface area contributed by atoms with E-state index in [0.717, 1.165) is 19.3 Å². The van der Waals surface area contributed by atoms with Crippen LogP contribution in [0.5, 0.6) is 0 Å². The third-order valence-electron chi connectivity index (χ3n) is 7.80. The van der Waals surface area contributed by atoms with Crippen LogP contribution in [0.1, 0.15) is 74.0 Å². The van der Waals surface area contributed by atoms with E-state index in [-0.39, 0.29) is 5.41 Å². The summed E-state index contributed by atoms with van der Waals surface area (Å²) < 4.78 is 0. The molecule has 0 saturated carbocycles. The normalized spacial score (nSPS) is 14.8. The van der Waals surface area contributed by atoms with Crippen molar-refractivity contribution in [3.05, 3.63) is 82.0 Å². The Bertz CT molecular complexity index is 1370. The highest BCUT2D eigenvalue weighted by Gasteiger charge is 2.27. The van der Waals surface area contributed by atoms with Gasteiger partial charge in [0.2, 0.25) is 0 Å². The third-order valence-corrected chi connectivity index (χ3v) is 7.80. The van der Waals surface area contributed by atoms with Crippen molar-refractivity contribution in [1.29, 1.82) is 0 Å². The van der Waals surface area contributed by atoms with Crippen LogP contribution < -0.4 is 0 Å². The SMILES string of the molecule is CC(C)c1cc2c([nH]1)-c1ccc3c(c1CC2)CCc1c-3ccc2cc(C(C)(C)C)ccc12. The average molecular weight is 420 g/mol. The van der Waals surface area contributed by atoms with E-state index in [1.165, 1.54) is 62.0 Å². The molecule has 32 heavy (non-hydrogen) atoms. The van der Waals surface area contributed by atoms with E-state index < -0.39 is 0 Å². The lowest BCUT2D eigenvalue weighted by atomic mass is 9.76. The fourth-order valence-corrected chi connectivity index (χ4v) is 5.91. The zero-order valence-corrected chi connectivity index (χ0v) is 20.0. The summed E-state index contributed by atoms with van der Waals surface area (Å²) in [5, 5.41) is 2.82. The van der Waals surface area contributed by atoms with Crippen molar-refractivity contribution in [2.75, 3.05) is 0 Å². The molecule has 1 nitrogen and oxygen atoms in total. The van der Waals surface area contributed by atoms with Crippen LogP contribution in [0, 0.1) is 0 Å². The van der Waals surface area contributed by atoms with Gasteiger partial charge in [-0.25, -0.2) is 0 Å². The highest BCUT2D eigenvalue weighted by Crippen LogP contribution is 2.44. The van der Waals surface area contributed by atoms with Crippen LogP contribution in [0.25, 0.3) is 33.2 Å². The topological polar surface area (TPSA) is 15.8 Å². The van der Waals surface area contributed by atoms with E-state index in [1.54, 1.807) is 11.1 Å². The summed E-state index contributed by atoms with van der Waals surface area (Å²) >= 11 is 0. The molecule has 0 radical (unpaired) electrons. The van der Waals surface area contributed by atoms with Crippen molar-refractivity contribution in [2.45, 2.75) is 71.6 Å². The molecule has 4 aromatic rings. The summed E-state index contributed by atoms with van der Waals surface area (Å²) in [6.45, 7) is 11.4. The highest BCUT2D eigenvalue weighted by atomic mass is 14.7. The summed E-state index contributed by atoms with van der Waals surface area (Å²) in [6.07, 6.45) is 4.61. The number of fused-ring (bicyclic) bond motifs is 9. The van der Waals surface area contributed by atoms with E-state index in [1.807, 2.05) is 0 Å². The molecule has 0 amide bonds. The minimum absolute atomic E-state index is 0.182. The van der Waals surface area contributed by atoms with Crippen LogP contribution in [0.3, 0.4) is 0 Å². The highest BCUT2D eigenvalue weighted by molar-refractivity contribution is 5.94. The fourth-order valence-electron chi connectivity index (χ4n) is 5.91. The lowest BCUT2D eigenvalue weighted by Gasteiger charge is -2.28. The molecule has 3 aromatic carbocycles. The minimum atomic E-state index is 0.182. The molecule has 0 fully saturated rings. The maximum atomic E-state index is 3.76. The summed E-state index contributed by atoms with van der Waals surface area (Å²) in [7, 11) is 0. The Morgan fingerprint density at radius 3 is 2.16 bits per heavy atom. The molecule has 0 saturated heterocycles. The predicted molar refractivity (Wildman–Crippen MR) is 137 cm³/mol. The number of rotatable bonds is 1. The van der Waals surface area contributed by atoms with Crippen molar-refractivity contribution >= 4 is 10.8 Å². The van der Waals surface area contributed by atoms with Crippen LogP contribution in [-0.4, -0.2) is 4.98 Å². The van der Waals surface area contributed by atoms with Gasteiger partial charge in [0.25, 0.3) is 0 Å². The first-order valence-electron chi connectivity index (χ1n) is 12.2. The number of nitrogens with one attached hydrogen (secondary N) is 1. The van der Waals surface area contributed by atoms with E-state index in [0.29, 0.717) is 5.92 Å². The van der Waals surface area contributed by atoms with Gasteiger partial charge in [-0.3, -0.25) is 0 Å². The average Bonchev–Trinajstić information content (AvgIpc) is 3.22. The van der Waals surface area contributed by atoms with Gasteiger partial charge >= 0.3 is 0 Å². The van der Waals surface area contributed by atoms with E-state index in [9.17, 15) is 0 Å². The van der Waals surface area contributed by atoms with Gasteiger partial charge in [-0.2, -0.15) is 0 Å². The molecule has 162 valence electrons. The van der Waals surface area contributed by atoms with Gasteiger partial charge in [-0.1, -0.05) is 77.1 Å². The molecule has 1 heteroatoms. The molecule has 2 aliphatic carbocycles. The number of aryl methyl sites for hydroxylation is 2. The summed E-state index contributed by atoms with van der Waals surface area (Å²) in [5.74, 6) is 0.542. The van der Waals surface area contributed by atoms with Crippen LogP contribution in [-0.2, 0) is 31.1 Å². The lowest BCUT2D eigenvalue weighted by Crippen LogP contribution is -2.13. The molecule has 0 aliphatic heterocycles. The van der Waals surface area contributed by atoms with Crippen LogP contribution >= 0.6 is 0 Å². The second-order valence-electron chi connectivity index (χ2n) is 11.2. The minimum Gasteiger partial charge on any atom is -0.358 e. The summed E-state index contributed by atoms with van der Waals surface area (Å²) in [4.78, 5) is 3.76. The number of H-pyrrole nitrogens is 1. The Balaban J connectivity index is 1.49. The molecule has 0 spiro atoms. The number of hydrogen-bond acceptors (Lipinski definition) is 0. The van der Waals surface area contributed by atoms with Crippen LogP contribution in [0.15, 0.2) is 48.5 Å². The molecular weight excluding hydrogens is 386 g/mol. The Hall–Kier alpha value is -2.80. The van der Waals surface area contributed by atoms with Crippen molar-refractivity contribution < 1.29 is 0 Å². The Morgan fingerprint density at radius 2 is 1.38 bits per heavy atom. The van der Waals surface area contributed by atoms with Gasteiger partial charge in [-0.15, -0.1) is 0 Å². The molecule has 1 heterocycles. The molecule has 0 unspecified atom stereocenters. The molecule has 1 aromatic heterocycles. The number of aromatic amines is 1. The van der Waals surface area contributed by atoms with Gasteiger partial charge in [-0.05, 0) is 92.8 Å². The van der Waals surface area contributed by atoms with Gasteiger partial charge in [0.15, 0.2) is 0 Å². The predicted octanol–water partition coefficient (Wildman–Crippen LogP) is 8.12. The quantitative estimate of drug-likeness (QED) is 0.321. The molecule has 0 bridgehead atoms. The van der Waals surface area contributed by atoms with Gasteiger partial charge in [0.1, 0.15) is 0 Å². The number of hydrogen-bond donors (Lipinski definition) is 1. The monoisotopic (exact) mass is 419 g/mol. The van der Waals surface area contributed by atoms with Crippen LogP contribution in [0.2, 0.25) is 0 Å². The molecule has 2 aliphatic rings. The van der Waals surface area contributed by atoms with Gasteiger partial charge < -0.3 is 4.98 Å². The fraction of sp³-hybridized carbons (Fsp3) is 0.355. The largest absolute Gasteiger partial charge is 0.358 e. The molecule has 6 rings (SSSR count). The molecular formula is C31H33N. The molecule has 0 atom stereocenters. The maximum Gasteiger partial charge on any atom is 0.0491 e. The zero-order valence-electron chi connectivity index (χ0n) is 20.0. The second-order valence-corrected chi connectivity index (χ2v) is 11.2. The van der Waals surface area contributed by atoms with Gasteiger partial charge in [0, 0.05) is 17.0 Å². The zero-order chi connectivity index (χ0) is 22.2. The van der Waals surface area contributed by atoms with E-state index in [4.69, 9.17) is 0 Å². The first kappa shape index (κ1) is 19.9. The maximum absolute atomic E-state index is 3.76. The standard InChI is InChI=1S/C31H33N/c1-18(2)29-17-20-7-10-27-26-13-12-23-22-11-8-21(31(3,4)5)16-19(22)6-9-24(23)25(26)14-15-28(27)30(20)32-29/h6,8-9,11,14-18,32H,7,10,12-13H2,1-5H3. The van der Waals surface area contributed by atoms with Gasteiger partial charge in [0.05, 0.1) is 0 Å². The first-order valence-corrected chi connectivity index (χ1v) is 12.2. The van der Waals surface area contributed by atoms with Crippen molar-refractivity contribution in [3.8, 4) is 22.4 Å². The van der Waals surface area contributed by atoms with E-state index >= 15 is 0 Å². The smallest absolute Gasteiger partial charge is 0.0491 e. The third kappa shape index (κ3) is 2.90. The first-order chi connectivity index (χ1) is 15.3. The van der Waals surface area contributed by atoms with E-state index in [2.05, 4.69) is 88.1 Å². The number of benzene rings is 3. The van der Waals surface area contributed by atoms with Crippen molar-refractivity contribution in [1.82, 2.24) is 4.98 Å².